The van der Waals surface area contributed by atoms with E-state index in [1.165, 1.54) is 0 Å². The maximum Gasteiger partial charge on any atom is 0.238 e. The van der Waals surface area contributed by atoms with Gasteiger partial charge in [-0.2, -0.15) is 0 Å². The average Bonchev–Trinajstić information content (AvgIpc) is 2.91. The van der Waals surface area contributed by atoms with Crippen molar-refractivity contribution in [2.75, 3.05) is 18.4 Å². The van der Waals surface area contributed by atoms with Crippen LogP contribution in [-0.2, 0) is 11.2 Å². The van der Waals surface area contributed by atoms with Crippen molar-refractivity contribution in [2.45, 2.75) is 6.42 Å². The standard InChI is InChI=1S/C14H15ClN2O2/c15-11-3-5-12(6-4-11)17-14(18)10-16-8-7-13-2-1-9-19-13/h1-6,9,16H,7-8,10H2,(H,17,18). The summed E-state index contributed by atoms with van der Waals surface area (Å²) in [5.74, 6) is 0.826. The first-order valence-corrected chi connectivity index (χ1v) is 6.40. The molecule has 4 nitrogen and oxygen atoms in total. The van der Waals surface area contributed by atoms with Gasteiger partial charge in [0.15, 0.2) is 0 Å². The molecular formula is C14H15ClN2O2. The summed E-state index contributed by atoms with van der Waals surface area (Å²) in [5.41, 5.74) is 0.738. The largest absolute Gasteiger partial charge is 0.469 e. The van der Waals surface area contributed by atoms with Gasteiger partial charge in [0.25, 0.3) is 0 Å². The van der Waals surface area contributed by atoms with Gasteiger partial charge in [-0.3, -0.25) is 4.79 Å². The lowest BCUT2D eigenvalue weighted by atomic mass is 10.3. The fourth-order valence-electron chi connectivity index (χ4n) is 1.61. The zero-order valence-corrected chi connectivity index (χ0v) is 11.1. The molecule has 2 aromatic rings. The number of furan rings is 1. The van der Waals surface area contributed by atoms with E-state index in [-0.39, 0.29) is 12.5 Å². The molecule has 0 saturated heterocycles. The van der Waals surface area contributed by atoms with Crippen molar-refractivity contribution in [3.63, 3.8) is 0 Å². The topological polar surface area (TPSA) is 54.3 Å². The van der Waals surface area contributed by atoms with Crippen LogP contribution in [0.1, 0.15) is 5.76 Å². The Labute approximate surface area is 116 Å². The SMILES string of the molecule is O=C(CNCCc1ccco1)Nc1ccc(Cl)cc1. The molecule has 1 aromatic carbocycles. The molecule has 0 unspecified atom stereocenters. The average molecular weight is 279 g/mol. The monoisotopic (exact) mass is 278 g/mol. The van der Waals surface area contributed by atoms with Crippen LogP contribution in [0.2, 0.25) is 5.02 Å². The quantitative estimate of drug-likeness (QED) is 0.799. The number of amides is 1. The molecule has 0 atom stereocenters. The van der Waals surface area contributed by atoms with Crippen molar-refractivity contribution in [2.24, 2.45) is 0 Å². The lowest BCUT2D eigenvalue weighted by molar-refractivity contribution is -0.115. The van der Waals surface area contributed by atoms with Crippen molar-refractivity contribution in [1.29, 1.82) is 0 Å². The third-order valence-electron chi connectivity index (χ3n) is 2.54. The molecule has 0 bridgehead atoms. The second-order valence-corrected chi connectivity index (χ2v) is 4.50. The van der Waals surface area contributed by atoms with Crippen LogP contribution in [0.4, 0.5) is 5.69 Å². The first-order chi connectivity index (χ1) is 9.24. The Hall–Kier alpha value is -1.78. The van der Waals surface area contributed by atoms with Gasteiger partial charge >= 0.3 is 0 Å². The van der Waals surface area contributed by atoms with E-state index < -0.39 is 0 Å². The lowest BCUT2D eigenvalue weighted by Crippen LogP contribution is -2.29. The first kappa shape index (κ1) is 13.6. The van der Waals surface area contributed by atoms with Crippen molar-refractivity contribution in [3.8, 4) is 0 Å². The number of carbonyl (C=O) groups excluding carboxylic acids is 1. The van der Waals surface area contributed by atoms with Gasteiger partial charge in [0.05, 0.1) is 12.8 Å². The maximum absolute atomic E-state index is 11.6. The van der Waals surface area contributed by atoms with Gasteiger partial charge < -0.3 is 15.1 Å². The van der Waals surface area contributed by atoms with E-state index in [0.717, 1.165) is 17.9 Å². The smallest absolute Gasteiger partial charge is 0.238 e. The van der Waals surface area contributed by atoms with Gasteiger partial charge in [-0.05, 0) is 36.4 Å². The molecular weight excluding hydrogens is 264 g/mol. The van der Waals surface area contributed by atoms with Crippen LogP contribution in [0.15, 0.2) is 47.1 Å². The highest BCUT2D eigenvalue weighted by atomic mass is 35.5. The molecule has 0 spiro atoms. The predicted molar refractivity (Wildman–Crippen MR) is 75.4 cm³/mol. The summed E-state index contributed by atoms with van der Waals surface area (Å²) >= 11 is 5.77. The number of benzene rings is 1. The van der Waals surface area contributed by atoms with Gasteiger partial charge in [0.2, 0.25) is 5.91 Å². The number of nitrogens with one attached hydrogen (secondary N) is 2. The summed E-state index contributed by atoms with van der Waals surface area (Å²) in [6.07, 6.45) is 2.41. The van der Waals surface area contributed by atoms with Crippen LogP contribution in [0.25, 0.3) is 0 Å². The summed E-state index contributed by atoms with van der Waals surface area (Å²) in [7, 11) is 0. The molecule has 1 aromatic heterocycles. The molecule has 2 N–H and O–H groups in total. The molecule has 0 fully saturated rings. The fraction of sp³-hybridized carbons (Fsp3) is 0.214. The van der Waals surface area contributed by atoms with E-state index in [1.54, 1.807) is 30.5 Å². The zero-order chi connectivity index (χ0) is 13.5. The third-order valence-corrected chi connectivity index (χ3v) is 2.79. The molecule has 0 aliphatic heterocycles. The van der Waals surface area contributed by atoms with Crippen LogP contribution >= 0.6 is 11.6 Å². The highest BCUT2D eigenvalue weighted by molar-refractivity contribution is 6.30. The van der Waals surface area contributed by atoms with Gasteiger partial charge in [-0.1, -0.05) is 11.6 Å². The second-order valence-electron chi connectivity index (χ2n) is 4.06. The number of hydrogen-bond donors (Lipinski definition) is 2. The second kappa shape index (κ2) is 6.97. The Balaban J connectivity index is 1.65. The number of carbonyl (C=O) groups is 1. The minimum atomic E-state index is -0.0817. The molecule has 0 aliphatic rings. The highest BCUT2D eigenvalue weighted by Gasteiger charge is 2.02. The third kappa shape index (κ3) is 4.77. The molecule has 0 aliphatic carbocycles. The zero-order valence-electron chi connectivity index (χ0n) is 10.4. The molecule has 19 heavy (non-hydrogen) atoms. The van der Waals surface area contributed by atoms with E-state index in [0.29, 0.717) is 11.6 Å². The number of halogens is 1. The summed E-state index contributed by atoms with van der Waals surface area (Å²) in [5, 5.41) is 6.48. The normalized spacial score (nSPS) is 10.4. The molecule has 1 amide bonds. The summed E-state index contributed by atoms with van der Waals surface area (Å²) in [4.78, 5) is 11.6. The van der Waals surface area contributed by atoms with Gasteiger partial charge in [-0.15, -0.1) is 0 Å². The molecule has 0 saturated carbocycles. The summed E-state index contributed by atoms with van der Waals surface area (Å²) in [6.45, 7) is 0.963. The lowest BCUT2D eigenvalue weighted by Gasteiger charge is -2.06. The van der Waals surface area contributed by atoms with Gasteiger partial charge in [-0.25, -0.2) is 0 Å². The highest BCUT2D eigenvalue weighted by Crippen LogP contribution is 2.12. The maximum atomic E-state index is 11.6. The van der Waals surface area contributed by atoms with E-state index in [9.17, 15) is 4.79 Å². The Morgan fingerprint density at radius 2 is 2.00 bits per heavy atom. The number of rotatable bonds is 6. The van der Waals surface area contributed by atoms with Crippen molar-refractivity contribution >= 4 is 23.2 Å². The van der Waals surface area contributed by atoms with E-state index in [4.69, 9.17) is 16.0 Å². The fourth-order valence-corrected chi connectivity index (χ4v) is 1.73. The minimum Gasteiger partial charge on any atom is -0.469 e. The molecule has 1 heterocycles. The summed E-state index contributed by atoms with van der Waals surface area (Å²) in [6, 6.07) is 10.8. The van der Waals surface area contributed by atoms with Crippen LogP contribution in [0, 0.1) is 0 Å². The van der Waals surface area contributed by atoms with Crippen LogP contribution in [-0.4, -0.2) is 19.0 Å². The van der Waals surface area contributed by atoms with E-state index in [2.05, 4.69) is 10.6 Å². The summed E-state index contributed by atoms with van der Waals surface area (Å²) < 4.78 is 5.19. The van der Waals surface area contributed by atoms with Crippen LogP contribution in [0.3, 0.4) is 0 Å². The van der Waals surface area contributed by atoms with E-state index >= 15 is 0 Å². The van der Waals surface area contributed by atoms with E-state index in [1.807, 2.05) is 12.1 Å². The number of anilines is 1. The Morgan fingerprint density at radius 1 is 1.21 bits per heavy atom. The van der Waals surface area contributed by atoms with Crippen molar-refractivity contribution in [1.82, 2.24) is 5.32 Å². The molecule has 2 rings (SSSR count). The number of hydrogen-bond acceptors (Lipinski definition) is 3. The Kier molecular flexibility index (Phi) is 5.01. The molecule has 5 heteroatoms. The van der Waals surface area contributed by atoms with Gasteiger partial charge in [0, 0.05) is 23.7 Å². The first-order valence-electron chi connectivity index (χ1n) is 6.02. The van der Waals surface area contributed by atoms with Crippen LogP contribution < -0.4 is 10.6 Å². The molecule has 100 valence electrons. The Bertz CT molecular complexity index is 509. The van der Waals surface area contributed by atoms with Crippen molar-refractivity contribution in [3.05, 3.63) is 53.4 Å². The Morgan fingerprint density at radius 3 is 2.68 bits per heavy atom. The van der Waals surface area contributed by atoms with Crippen LogP contribution in [0.5, 0.6) is 0 Å². The van der Waals surface area contributed by atoms with Gasteiger partial charge in [0.1, 0.15) is 5.76 Å². The minimum absolute atomic E-state index is 0.0817. The molecule has 0 radical (unpaired) electrons. The predicted octanol–water partition coefficient (Wildman–Crippen LogP) is 2.70. The van der Waals surface area contributed by atoms with Crippen molar-refractivity contribution < 1.29 is 9.21 Å².